The molecule has 1 saturated heterocycles. The fourth-order valence-electron chi connectivity index (χ4n) is 1.74. The summed E-state index contributed by atoms with van der Waals surface area (Å²) in [5, 5.41) is 1.77. The lowest BCUT2D eigenvalue weighted by molar-refractivity contribution is -0.164. The van der Waals surface area contributed by atoms with Gasteiger partial charge in [-0.25, -0.2) is 4.79 Å². The quantitative estimate of drug-likeness (QED) is 0.401. The number of carbonyl (C=O) groups excluding carboxylic acids is 2. The molecule has 16 heavy (non-hydrogen) atoms. The lowest BCUT2D eigenvalue weighted by Gasteiger charge is -2.34. The number of amides is 1. The molecular formula is C10H9NO4S. The molecule has 0 aromatic heterocycles. The van der Waals surface area contributed by atoms with Crippen LogP contribution in [0.3, 0.4) is 0 Å². The van der Waals surface area contributed by atoms with Crippen LogP contribution in [-0.4, -0.2) is 35.0 Å². The summed E-state index contributed by atoms with van der Waals surface area (Å²) in [6, 6.07) is 0. The first-order chi connectivity index (χ1) is 7.75. The normalized spacial score (nSPS) is 31.1. The van der Waals surface area contributed by atoms with E-state index in [4.69, 9.17) is 9.47 Å². The van der Waals surface area contributed by atoms with Gasteiger partial charge in [-0.05, 0) is 6.08 Å². The third-order valence-electron chi connectivity index (χ3n) is 2.58. The summed E-state index contributed by atoms with van der Waals surface area (Å²) in [6.07, 6.45) is 3.34. The van der Waals surface area contributed by atoms with Gasteiger partial charge >= 0.3 is 5.97 Å². The summed E-state index contributed by atoms with van der Waals surface area (Å²) >= 11 is 1.47. The fraction of sp³-hybridized carbons (Fsp3) is 0.400. The Balaban J connectivity index is 1.66. The number of hydrogen-bond donors (Lipinski definition) is 0. The van der Waals surface area contributed by atoms with Crippen LogP contribution >= 0.6 is 11.8 Å². The van der Waals surface area contributed by atoms with E-state index in [0.29, 0.717) is 18.7 Å². The minimum absolute atomic E-state index is 0.0268. The van der Waals surface area contributed by atoms with E-state index in [-0.39, 0.29) is 11.3 Å². The zero-order chi connectivity index (χ0) is 11.1. The summed E-state index contributed by atoms with van der Waals surface area (Å²) in [7, 11) is 0. The molecular weight excluding hydrogens is 230 g/mol. The lowest BCUT2D eigenvalue weighted by Crippen LogP contribution is -2.48. The molecule has 3 rings (SSSR count). The SMILES string of the molecule is O=C(OC1C=CCO1)C1=CS[C@H]2CC(=O)N12. The van der Waals surface area contributed by atoms with Gasteiger partial charge in [-0.3, -0.25) is 9.69 Å². The number of fused-ring (bicyclic) bond motifs is 1. The van der Waals surface area contributed by atoms with Gasteiger partial charge in [0.25, 0.3) is 0 Å². The standard InChI is InChI=1S/C10H9NO4S/c12-7-4-8-11(7)6(5-16-8)10(13)15-9-2-1-3-14-9/h1-2,5,8-9H,3-4H2/t8-,9?/m0/s1. The molecule has 0 aliphatic carbocycles. The van der Waals surface area contributed by atoms with E-state index in [0.717, 1.165) is 0 Å². The van der Waals surface area contributed by atoms with Crippen LogP contribution in [0.4, 0.5) is 0 Å². The summed E-state index contributed by atoms with van der Waals surface area (Å²) < 4.78 is 10.2. The van der Waals surface area contributed by atoms with Crippen molar-refractivity contribution in [3.63, 3.8) is 0 Å². The molecule has 2 atom stereocenters. The lowest BCUT2D eigenvalue weighted by atomic mass is 10.2. The molecule has 0 saturated carbocycles. The number of esters is 1. The summed E-state index contributed by atoms with van der Waals surface area (Å²) in [6.45, 7) is 0.455. The van der Waals surface area contributed by atoms with Gasteiger partial charge in [0.05, 0.1) is 18.4 Å². The van der Waals surface area contributed by atoms with Gasteiger partial charge in [-0.15, -0.1) is 11.8 Å². The minimum atomic E-state index is -0.617. The number of β-lactam (4-membered cyclic amide) rings is 1. The molecule has 0 bridgehead atoms. The van der Waals surface area contributed by atoms with E-state index in [1.54, 1.807) is 17.6 Å². The fourth-order valence-corrected chi connectivity index (χ4v) is 2.83. The highest BCUT2D eigenvalue weighted by molar-refractivity contribution is 8.03. The van der Waals surface area contributed by atoms with Gasteiger partial charge in [0.1, 0.15) is 5.70 Å². The zero-order valence-corrected chi connectivity index (χ0v) is 9.11. The Bertz CT molecular complexity index is 417. The Kier molecular flexibility index (Phi) is 2.26. The average Bonchev–Trinajstić information content (AvgIpc) is 2.84. The molecule has 1 amide bonds. The largest absolute Gasteiger partial charge is 0.427 e. The molecule has 3 aliphatic heterocycles. The van der Waals surface area contributed by atoms with Gasteiger partial charge in [-0.1, -0.05) is 6.08 Å². The maximum Gasteiger partial charge on any atom is 0.358 e. The predicted molar refractivity (Wildman–Crippen MR) is 55.9 cm³/mol. The molecule has 0 spiro atoms. The zero-order valence-electron chi connectivity index (χ0n) is 8.29. The Labute approximate surface area is 96.1 Å². The molecule has 1 unspecified atom stereocenters. The first-order valence-electron chi connectivity index (χ1n) is 4.92. The van der Waals surface area contributed by atoms with Gasteiger partial charge in [-0.2, -0.15) is 0 Å². The smallest absolute Gasteiger partial charge is 0.358 e. The van der Waals surface area contributed by atoms with Gasteiger partial charge in [0.15, 0.2) is 0 Å². The molecule has 1 fully saturated rings. The van der Waals surface area contributed by atoms with Crippen LogP contribution in [0.15, 0.2) is 23.3 Å². The Hall–Kier alpha value is -1.27. The monoisotopic (exact) mass is 239 g/mol. The van der Waals surface area contributed by atoms with Crippen molar-refractivity contribution in [2.75, 3.05) is 6.61 Å². The predicted octanol–water partition coefficient (Wildman–Crippen LogP) is 0.589. The van der Waals surface area contributed by atoms with Crippen molar-refractivity contribution in [2.45, 2.75) is 18.1 Å². The van der Waals surface area contributed by atoms with Crippen LogP contribution in [0.25, 0.3) is 0 Å². The van der Waals surface area contributed by atoms with Crippen LogP contribution in [0.5, 0.6) is 0 Å². The summed E-state index contributed by atoms with van der Waals surface area (Å²) in [5.41, 5.74) is 0.329. The van der Waals surface area contributed by atoms with Crippen LogP contribution in [0.2, 0.25) is 0 Å². The Morgan fingerprint density at radius 2 is 2.50 bits per heavy atom. The van der Waals surface area contributed by atoms with Crippen molar-refractivity contribution in [1.29, 1.82) is 0 Å². The van der Waals surface area contributed by atoms with Gasteiger partial charge in [0.2, 0.25) is 12.2 Å². The van der Waals surface area contributed by atoms with Crippen LogP contribution < -0.4 is 0 Å². The number of ether oxygens (including phenoxy) is 2. The topological polar surface area (TPSA) is 55.8 Å². The van der Waals surface area contributed by atoms with Crippen molar-refractivity contribution in [3.05, 3.63) is 23.3 Å². The maximum atomic E-state index is 11.7. The maximum absolute atomic E-state index is 11.7. The molecule has 5 nitrogen and oxygen atoms in total. The third-order valence-corrected chi connectivity index (χ3v) is 3.64. The Morgan fingerprint density at radius 1 is 1.62 bits per heavy atom. The van der Waals surface area contributed by atoms with Crippen molar-refractivity contribution in [1.82, 2.24) is 4.90 Å². The van der Waals surface area contributed by atoms with E-state index in [1.807, 2.05) is 0 Å². The van der Waals surface area contributed by atoms with Gasteiger partial charge < -0.3 is 9.47 Å². The molecule has 6 heteroatoms. The number of carbonyl (C=O) groups is 2. The highest BCUT2D eigenvalue weighted by Crippen LogP contribution is 2.41. The molecule has 84 valence electrons. The van der Waals surface area contributed by atoms with Crippen molar-refractivity contribution in [2.24, 2.45) is 0 Å². The van der Waals surface area contributed by atoms with E-state index in [2.05, 4.69) is 0 Å². The first-order valence-corrected chi connectivity index (χ1v) is 5.87. The molecule has 0 radical (unpaired) electrons. The number of hydrogen-bond acceptors (Lipinski definition) is 5. The van der Waals surface area contributed by atoms with Gasteiger partial charge in [0, 0.05) is 5.41 Å². The van der Waals surface area contributed by atoms with Crippen LogP contribution in [-0.2, 0) is 19.1 Å². The van der Waals surface area contributed by atoms with Crippen molar-refractivity contribution < 1.29 is 19.1 Å². The van der Waals surface area contributed by atoms with Crippen LogP contribution in [0, 0.1) is 0 Å². The number of thioether (sulfide) groups is 1. The highest BCUT2D eigenvalue weighted by atomic mass is 32.2. The molecule has 0 N–H and O–H groups in total. The van der Waals surface area contributed by atoms with E-state index < -0.39 is 12.3 Å². The second kappa shape index (κ2) is 3.64. The molecule has 3 heterocycles. The number of rotatable bonds is 2. The number of nitrogens with zero attached hydrogens (tertiary/aromatic N) is 1. The van der Waals surface area contributed by atoms with Crippen molar-refractivity contribution in [3.8, 4) is 0 Å². The van der Waals surface area contributed by atoms with Crippen LogP contribution in [0.1, 0.15) is 6.42 Å². The molecule has 3 aliphatic rings. The molecule has 0 aromatic rings. The summed E-state index contributed by atoms with van der Waals surface area (Å²) in [4.78, 5) is 24.5. The third kappa shape index (κ3) is 1.45. The molecule has 0 aromatic carbocycles. The first kappa shape index (κ1) is 9.92. The highest BCUT2D eigenvalue weighted by Gasteiger charge is 2.45. The second-order valence-electron chi connectivity index (χ2n) is 3.60. The summed E-state index contributed by atoms with van der Waals surface area (Å²) in [5.74, 6) is -0.527. The van der Waals surface area contributed by atoms with E-state index in [1.165, 1.54) is 16.7 Å². The minimum Gasteiger partial charge on any atom is -0.427 e. The van der Waals surface area contributed by atoms with E-state index >= 15 is 0 Å². The Morgan fingerprint density at radius 3 is 3.19 bits per heavy atom. The van der Waals surface area contributed by atoms with E-state index in [9.17, 15) is 9.59 Å². The van der Waals surface area contributed by atoms with Crippen molar-refractivity contribution >= 4 is 23.6 Å². The second-order valence-corrected chi connectivity index (χ2v) is 4.65. The average molecular weight is 239 g/mol.